The van der Waals surface area contributed by atoms with Crippen LogP contribution in [0.5, 0.6) is 0 Å². The summed E-state index contributed by atoms with van der Waals surface area (Å²) in [4.78, 5) is 23.7. The lowest BCUT2D eigenvalue weighted by Crippen LogP contribution is -2.36. The van der Waals surface area contributed by atoms with Crippen molar-refractivity contribution in [3.63, 3.8) is 0 Å². The first-order valence-electron chi connectivity index (χ1n) is 5.50. The van der Waals surface area contributed by atoms with Gasteiger partial charge in [-0.25, -0.2) is 0 Å². The van der Waals surface area contributed by atoms with Gasteiger partial charge in [0, 0.05) is 25.4 Å². The van der Waals surface area contributed by atoms with Crippen LogP contribution < -0.4 is 0 Å². The molecule has 0 fully saturated rings. The number of aliphatic carboxylic acids is 1. The summed E-state index contributed by atoms with van der Waals surface area (Å²) in [5, 5.41) is 8.43. The number of unbranched alkanes of at least 4 members (excludes halogenated alkanes) is 1. The number of hydrogen-bond acceptors (Lipinski definition) is 2. The molecular formula is C11H21NO3. The number of hydrogen-bond donors (Lipinski definition) is 1. The summed E-state index contributed by atoms with van der Waals surface area (Å²) in [6.45, 7) is 6.64. The smallest absolute Gasteiger partial charge is 0.303 e. The van der Waals surface area contributed by atoms with E-state index in [9.17, 15) is 9.59 Å². The fourth-order valence-electron chi connectivity index (χ4n) is 1.53. The first kappa shape index (κ1) is 13.9. The van der Waals surface area contributed by atoms with Crippen molar-refractivity contribution in [3.05, 3.63) is 0 Å². The summed E-state index contributed by atoms with van der Waals surface area (Å²) in [7, 11) is 0. The van der Waals surface area contributed by atoms with E-state index >= 15 is 0 Å². The van der Waals surface area contributed by atoms with E-state index in [0.29, 0.717) is 19.3 Å². The number of carboxylic acid groups (broad SMARTS) is 1. The molecule has 0 aromatic rings. The van der Waals surface area contributed by atoms with Gasteiger partial charge >= 0.3 is 5.97 Å². The number of carbonyl (C=O) groups excluding carboxylic acids is 1. The molecule has 0 heterocycles. The van der Waals surface area contributed by atoms with Crippen LogP contribution in [-0.2, 0) is 9.59 Å². The summed E-state index contributed by atoms with van der Waals surface area (Å²) < 4.78 is 0. The zero-order chi connectivity index (χ0) is 11.8. The summed E-state index contributed by atoms with van der Waals surface area (Å²) in [5.41, 5.74) is 0. The van der Waals surface area contributed by atoms with Gasteiger partial charge < -0.3 is 10.0 Å². The maximum atomic E-state index is 11.6. The maximum Gasteiger partial charge on any atom is 0.303 e. The summed E-state index contributed by atoms with van der Waals surface area (Å²) in [6.07, 6.45) is 1.85. The van der Waals surface area contributed by atoms with Gasteiger partial charge in [-0.15, -0.1) is 0 Å². The van der Waals surface area contributed by atoms with E-state index in [1.165, 1.54) is 0 Å². The number of amides is 1. The molecule has 1 amide bonds. The third kappa shape index (κ3) is 6.10. The zero-order valence-electron chi connectivity index (χ0n) is 9.82. The molecule has 0 aromatic carbocycles. The molecule has 0 bridgehead atoms. The van der Waals surface area contributed by atoms with Crippen LogP contribution in [-0.4, -0.2) is 34.5 Å². The first-order chi connectivity index (χ1) is 6.99. The first-order valence-corrected chi connectivity index (χ1v) is 5.50. The lowest BCUT2D eigenvalue weighted by atomic mass is 10.1. The highest BCUT2D eigenvalue weighted by molar-refractivity contribution is 5.76. The van der Waals surface area contributed by atoms with E-state index in [2.05, 4.69) is 0 Å². The van der Waals surface area contributed by atoms with Crippen LogP contribution in [0.4, 0.5) is 0 Å². The van der Waals surface area contributed by atoms with Gasteiger partial charge in [0.2, 0.25) is 5.91 Å². The summed E-state index contributed by atoms with van der Waals surface area (Å²) >= 11 is 0. The standard InChI is InChI=1S/C11H21NO3/c1-4-12(9(2)3)10(13)7-5-6-8-11(14)15/h9H,4-8H2,1-3H3,(H,14,15). The molecule has 15 heavy (non-hydrogen) atoms. The molecule has 88 valence electrons. The molecule has 0 aromatic heterocycles. The van der Waals surface area contributed by atoms with Crippen LogP contribution in [0.1, 0.15) is 46.5 Å². The average Bonchev–Trinajstić information content (AvgIpc) is 2.12. The van der Waals surface area contributed by atoms with E-state index in [4.69, 9.17) is 5.11 Å². The normalized spacial score (nSPS) is 10.4. The van der Waals surface area contributed by atoms with Crippen LogP contribution in [0, 0.1) is 0 Å². The van der Waals surface area contributed by atoms with E-state index in [1.54, 1.807) is 4.90 Å². The largest absolute Gasteiger partial charge is 0.481 e. The summed E-state index contributed by atoms with van der Waals surface area (Å²) in [6, 6.07) is 0.224. The van der Waals surface area contributed by atoms with Crippen molar-refractivity contribution in [1.82, 2.24) is 4.90 Å². The SMILES string of the molecule is CCN(C(=O)CCCCC(=O)O)C(C)C. The number of carboxylic acids is 1. The van der Waals surface area contributed by atoms with Crippen LogP contribution in [0.3, 0.4) is 0 Å². The number of nitrogens with zero attached hydrogens (tertiary/aromatic N) is 1. The average molecular weight is 215 g/mol. The predicted molar refractivity (Wildman–Crippen MR) is 58.6 cm³/mol. The van der Waals surface area contributed by atoms with Gasteiger partial charge in [-0.05, 0) is 33.6 Å². The van der Waals surface area contributed by atoms with E-state index < -0.39 is 5.97 Å². The molecule has 0 saturated heterocycles. The second-order valence-corrected chi connectivity index (χ2v) is 3.87. The van der Waals surface area contributed by atoms with Crippen molar-refractivity contribution in [2.75, 3.05) is 6.54 Å². The number of carbonyl (C=O) groups is 2. The van der Waals surface area contributed by atoms with Gasteiger partial charge in [0.1, 0.15) is 0 Å². The molecule has 0 atom stereocenters. The van der Waals surface area contributed by atoms with Crippen molar-refractivity contribution >= 4 is 11.9 Å². The molecule has 0 unspecified atom stereocenters. The molecule has 4 nitrogen and oxygen atoms in total. The van der Waals surface area contributed by atoms with Gasteiger partial charge in [-0.2, -0.15) is 0 Å². The molecule has 0 radical (unpaired) electrons. The van der Waals surface area contributed by atoms with E-state index in [0.717, 1.165) is 6.54 Å². The molecule has 1 N–H and O–H groups in total. The monoisotopic (exact) mass is 215 g/mol. The predicted octanol–water partition coefficient (Wildman–Crippen LogP) is 1.89. The Hall–Kier alpha value is -1.06. The van der Waals surface area contributed by atoms with Crippen molar-refractivity contribution in [3.8, 4) is 0 Å². The Kier molecular flexibility index (Phi) is 6.75. The van der Waals surface area contributed by atoms with Gasteiger partial charge in [0.25, 0.3) is 0 Å². The molecule has 0 saturated carbocycles. The minimum atomic E-state index is -0.793. The van der Waals surface area contributed by atoms with Crippen LogP contribution in [0.15, 0.2) is 0 Å². The molecule has 0 rings (SSSR count). The van der Waals surface area contributed by atoms with Gasteiger partial charge in [-0.1, -0.05) is 0 Å². The van der Waals surface area contributed by atoms with Gasteiger partial charge in [0.05, 0.1) is 0 Å². The van der Waals surface area contributed by atoms with E-state index in [1.807, 2.05) is 20.8 Å². The summed E-state index contributed by atoms with van der Waals surface area (Å²) in [5.74, 6) is -0.670. The highest BCUT2D eigenvalue weighted by Crippen LogP contribution is 2.06. The Bertz CT molecular complexity index is 214. The minimum absolute atomic E-state index is 0.123. The van der Waals surface area contributed by atoms with Crippen LogP contribution in [0.25, 0.3) is 0 Å². The van der Waals surface area contributed by atoms with Crippen LogP contribution in [0.2, 0.25) is 0 Å². The topological polar surface area (TPSA) is 57.6 Å². The highest BCUT2D eigenvalue weighted by atomic mass is 16.4. The maximum absolute atomic E-state index is 11.6. The molecule has 0 aliphatic rings. The lowest BCUT2D eigenvalue weighted by molar-refractivity contribution is -0.137. The Morgan fingerprint density at radius 3 is 2.13 bits per heavy atom. The van der Waals surface area contributed by atoms with Crippen molar-refractivity contribution in [2.45, 2.75) is 52.5 Å². The minimum Gasteiger partial charge on any atom is -0.481 e. The van der Waals surface area contributed by atoms with Crippen molar-refractivity contribution < 1.29 is 14.7 Å². The Morgan fingerprint density at radius 2 is 1.73 bits per heavy atom. The van der Waals surface area contributed by atoms with Crippen LogP contribution >= 0.6 is 0 Å². The molecule has 4 heteroatoms. The van der Waals surface area contributed by atoms with E-state index in [-0.39, 0.29) is 18.4 Å². The Morgan fingerprint density at radius 1 is 1.20 bits per heavy atom. The fraction of sp³-hybridized carbons (Fsp3) is 0.818. The Labute approximate surface area is 91.3 Å². The third-order valence-corrected chi connectivity index (χ3v) is 2.32. The Balaban J connectivity index is 3.77. The fourth-order valence-corrected chi connectivity index (χ4v) is 1.53. The molecule has 0 spiro atoms. The second-order valence-electron chi connectivity index (χ2n) is 3.87. The quantitative estimate of drug-likeness (QED) is 0.660. The lowest BCUT2D eigenvalue weighted by Gasteiger charge is -2.25. The third-order valence-electron chi connectivity index (χ3n) is 2.32. The van der Waals surface area contributed by atoms with Gasteiger partial charge in [0.15, 0.2) is 0 Å². The second kappa shape index (κ2) is 7.26. The molecular weight excluding hydrogens is 194 g/mol. The van der Waals surface area contributed by atoms with Gasteiger partial charge in [-0.3, -0.25) is 9.59 Å². The molecule has 0 aliphatic carbocycles. The zero-order valence-corrected chi connectivity index (χ0v) is 9.82. The highest BCUT2D eigenvalue weighted by Gasteiger charge is 2.13. The molecule has 0 aliphatic heterocycles. The number of rotatable bonds is 7. The van der Waals surface area contributed by atoms with Crippen molar-refractivity contribution in [2.24, 2.45) is 0 Å². The van der Waals surface area contributed by atoms with Crippen molar-refractivity contribution in [1.29, 1.82) is 0 Å².